The average Bonchev–Trinajstić information content (AvgIpc) is 2.56. The number of fused-ring (bicyclic) bond motifs is 1. The fourth-order valence-electron chi connectivity index (χ4n) is 1.71. The third-order valence-corrected chi connectivity index (χ3v) is 2.44. The predicted octanol–water partition coefficient (Wildman–Crippen LogP) is 1.25. The van der Waals surface area contributed by atoms with Crippen molar-refractivity contribution in [1.29, 1.82) is 0 Å². The maximum absolute atomic E-state index is 11.9. The highest BCUT2D eigenvalue weighted by Crippen LogP contribution is 2.23. The first-order valence-electron chi connectivity index (χ1n) is 5.28. The van der Waals surface area contributed by atoms with Gasteiger partial charge in [-0.2, -0.15) is 0 Å². The molecule has 1 aliphatic heterocycles. The zero-order valence-corrected chi connectivity index (χ0v) is 9.67. The minimum Gasteiger partial charge on any atom is -0.382 e. The molecule has 0 aliphatic carbocycles. The van der Waals surface area contributed by atoms with Crippen LogP contribution in [-0.4, -0.2) is 36.7 Å². The Morgan fingerprint density at radius 1 is 1.18 bits per heavy atom. The predicted molar refractivity (Wildman–Crippen MR) is 59.4 cm³/mol. The molecule has 0 bridgehead atoms. The maximum Gasteiger partial charge on any atom is 0.285 e. The van der Waals surface area contributed by atoms with E-state index in [1.54, 1.807) is 31.2 Å². The normalized spacial score (nSPS) is 16.2. The summed E-state index contributed by atoms with van der Waals surface area (Å²) in [7, 11) is 1.53. The number of rotatable bonds is 4. The molecular formula is C12H13NO4. The summed E-state index contributed by atoms with van der Waals surface area (Å²) in [6.07, 6.45) is -0.359. The fraction of sp³-hybridized carbons (Fsp3) is 0.333. The Kier molecular flexibility index (Phi) is 3.21. The molecule has 1 unspecified atom stereocenters. The molecule has 0 fully saturated rings. The van der Waals surface area contributed by atoms with E-state index in [-0.39, 0.29) is 6.10 Å². The topological polar surface area (TPSA) is 55.8 Å². The average molecular weight is 235 g/mol. The second-order valence-electron chi connectivity index (χ2n) is 3.82. The Morgan fingerprint density at radius 3 is 2.18 bits per heavy atom. The molecule has 0 spiro atoms. The van der Waals surface area contributed by atoms with Gasteiger partial charge in [0.05, 0.1) is 17.7 Å². The van der Waals surface area contributed by atoms with Gasteiger partial charge in [-0.1, -0.05) is 12.1 Å². The molecule has 5 nitrogen and oxygen atoms in total. The molecule has 5 heteroatoms. The van der Waals surface area contributed by atoms with Crippen molar-refractivity contribution in [3.05, 3.63) is 35.4 Å². The molecule has 17 heavy (non-hydrogen) atoms. The van der Waals surface area contributed by atoms with Gasteiger partial charge < -0.3 is 4.74 Å². The van der Waals surface area contributed by atoms with E-state index in [0.29, 0.717) is 17.7 Å². The van der Waals surface area contributed by atoms with Crippen LogP contribution >= 0.6 is 0 Å². The second-order valence-corrected chi connectivity index (χ2v) is 3.82. The van der Waals surface area contributed by atoms with Crippen LogP contribution < -0.4 is 0 Å². The van der Waals surface area contributed by atoms with Crippen LogP contribution in [-0.2, 0) is 9.57 Å². The molecule has 0 saturated carbocycles. The second kappa shape index (κ2) is 4.65. The first kappa shape index (κ1) is 11.8. The van der Waals surface area contributed by atoms with Crippen molar-refractivity contribution in [3.8, 4) is 0 Å². The van der Waals surface area contributed by atoms with Crippen molar-refractivity contribution in [2.75, 3.05) is 13.7 Å². The van der Waals surface area contributed by atoms with Crippen LogP contribution in [0.2, 0.25) is 0 Å². The molecule has 1 aliphatic rings. The third kappa shape index (κ3) is 2.07. The largest absolute Gasteiger partial charge is 0.382 e. The first-order valence-corrected chi connectivity index (χ1v) is 5.28. The molecule has 2 rings (SSSR count). The summed E-state index contributed by atoms with van der Waals surface area (Å²) >= 11 is 0. The van der Waals surface area contributed by atoms with Crippen LogP contribution in [0.5, 0.6) is 0 Å². The molecule has 1 aromatic rings. The lowest BCUT2D eigenvalue weighted by Crippen LogP contribution is -2.35. The van der Waals surface area contributed by atoms with Crippen LogP contribution in [0.1, 0.15) is 27.6 Å². The summed E-state index contributed by atoms with van der Waals surface area (Å²) < 4.78 is 4.89. The minimum atomic E-state index is -0.423. The van der Waals surface area contributed by atoms with Crippen LogP contribution in [0.3, 0.4) is 0 Å². The zero-order chi connectivity index (χ0) is 12.4. The molecule has 0 saturated heterocycles. The van der Waals surface area contributed by atoms with Crippen molar-refractivity contribution < 1.29 is 19.2 Å². The summed E-state index contributed by atoms with van der Waals surface area (Å²) in [6.45, 7) is 2.04. The quantitative estimate of drug-likeness (QED) is 0.737. The number of hydrogen-bond donors (Lipinski definition) is 0. The van der Waals surface area contributed by atoms with E-state index in [2.05, 4.69) is 0 Å². The molecule has 1 aromatic carbocycles. The number of methoxy groups -OCH3 is 1. The van der Waals surface area contributed by atoms with Gasteiger partial charge >= 0.3 is 0 Å². The summed E-state index contributed by atoms with van der Waals surface area (Å²) in [4.78, 5) is 29.0. The van der Waals surface area contributed by atoms with Crippen molar-refractivity contribution in [1.82, 2.24) is 5.06 Å². The van der Waals surface area contributed by atoms with Gasteiger partial charge in [0.15, 0.2) is 0 Å². The fourth-order valence-corrected chi connectivity index (χ4v) is 1.71. The number of imide groups is 1. The SMILES string of the molecule is COCC(C)ON1C(=O)c2ccccc2C1=O. The summed E-state index contributed by atoms with van der Waals surface area (Å²) in [5.74, 6) is -0.845. The number of carbonyl (C=O) groups is 2. The molecule has 0 radical (unpaired) electrons. The number of benzene rings is 1. The third-order valence-electron chi connectivity index (χ3n) is 2.44. The number of amides is 2. The summed E-state index contributed by atoms with van der Waals surface area (Å²) in [5.41, 5.74) is 0.754. The number of ether oxygens (including phenoxy) is 1. The van der Waals surface area contributed by atoms with Crippen LogP contribution in [0.25, 0.3) is 0 Å². The Bertz CT molecular complexity index is 423. The number of hydroxylamine groups is 2. The number of hydrogen-bond acceptors (Lipinski definition) is 4. The first-order chi connectivity index (χ1) is 8.15. The number of carbonyl (C=O) groups excluding carboxylic acids is 2. The molecule has 2 amide bonds. The van der Waals surface area contributed by atoms with Crippen molar-refractivity contribution >= 4 is 11.8 Å². The van der Waals surface area contributed by atoms with E-state index in [9.17, 15) is 9.59 Å². The standard InChI is InChI=1S/C12H13NO4/c1-8(7-16-2)17-13-11(14)9-5-3-4-6-10(9)12(13)15/h3-6,8H,7H2,1-2H3. The maximum atomic E-state index is 11.9. The van der Waals surface area contributed by atoms with Gasteiger partial charge in [0.2, 0.25) is 0 Å². The summed E-state index contributed by atoms with van der Waals surface area (Å²) in [5, 5.41) is 0.800. The molecule has 0 N–H and O–H groups in total. The van der Waals surface area contributed by atoms with Gasteiger partial charge in [-0.05, 0) is 19.1 Å². The number of nitrogens with zero attached hydrogens (tertiary/aromatic N) is 1. The monoisotopic (exact) mass is 235 g/mol. The Hall–Kier alpha value is -1.72. The smallest absolute Gasteiger partial charge is 0.285 e. The highest BCUT2D eigenvalue weighted by Gasteiger charge is 2.37. The van der Waals surface area contributed by atoms with Crippen LogP contribution in [0.4, 0.5) is 0 Å². The van der Waals surface area contributed by atoms with Crippen LogP contribution in [0, 0.1) is 0 Å². The van der Waals surface area contributed by atoms with E-state index in [4.69, 9.17) is 9.57 Å². The van der Waals surface area contributed by atoms with Gasteiger partial charge in [0, 0.05) is 7.11 Å². The molecule has 1 atom stereocenters. The minimum absolute atomic E-state index is 0.313. The highest BCUT2D eigenvalue weighted by atomic mass is 16.7. The Morgan fingerprint density at radius 2 is 1.71 bits per heavy atom. The van der Waals surface area contributed by atoms with E-state index in [1.165, 1.54) is 7.11 Å². The lowest BCUT2D eigenvalue weighted by Gasteiger charge is -2.18. The zero-order valence-electron chi connectivity index (χ0n) is 9.67. The molecular weight excluding hydrogens is 222 g/mol. The van der Waals surface area contributed by atoms with Gasteiger partial charge in [0.1, 0.15) is 6.10 Å². The lowest BCUT2D eigenvalue weighted by molar-refractivity contribution is -0.140. The van der Waals surface area contributed by atoms with Crippen molar-refractivity contribution in [2.24, 2.45) is 0 Å². The van der Waals surface area contributed by atoms with Crippen molar-refractivity contribution in [2.45, 2.75) is 13.0 Å². The Balaban J connectivity index is 2.19. The van der Waals surface area contributed by atoms with Crippen LogP contribution in [0.15, 0.2) is 24.3 Å². The van der Waals surface area contributed by atoms with Gasteiger partial charge in [-0.15, -0.1) is 5.06 Å². The van der Waals surface area contributed by atoms with E-state index < -0.39 is 11.8 Å². The van der Waals surface area contributed by atoms with Gasteiger partial charge in [-0.3, -0.25) is 14.4 Å². The Labute approximate surface area is 98.9 Å². The van der Waals surface area contributed by atoms with Crippen molar-refractivity contribution in [3.63, 3.8) is 0 Å². The lowest BCUT2D eigenvalue weighted by atomic mass is 10.1. The summed E-state index contributed by atoms with van der Waals surface area (Å²) in [6, 6.07) is 6.65. The van der Waals surface area contributed by atoms with Gasteiger partial charge in [0.25, 0.3) is 11.8 Å². The molecule has 0 aromatic heterocycles. The van der Waals surface area contributed by atoms with E-state index in [1.807, 2.05) is 0 Å². The van der Waals surface area contributed by atoms with Gasteiger partial charge in [-0.25, -0.2) is 0 Å². The molecule has 1 heterocycles. The van der Waals surface area contributed by atoms with E-state index >= 15 is 0 Å². The highest BCUT2D eigenvalue weighted by molar-refractivity contribution is 6.20. The van der Waals surface area contributed by atoms with E-state index in [0.717, 1.165) is 5.06 Å². The molecule has 90 valence electrons.